The van der Waals surface area contributed by atoms with Crippen molar-refractivity contribution >= 4 is 33.9 Å². The Morgan fingerprint density at radius 2 is 2.00 bits per heavy atom. The molecule has 29 heavy (non-hydrogen) atoms. The van der Waals surface area contributed by atoms with E-state index in [4.69, 9.17) is 0 Å². The summed E-state index contributed by atoms with van der Waals surface area (Å²) in [6.07, 6.45) is 5.75. The Hall–Kier alpha value is -2.94. The summed E-state index contributed by atoms with van der Waals surface area (Å²) in [6, 6.07) is 12.2. The number of imidazole rings is 1. The van der Waals surface area contributed by atoms with E-state index in [0.29, 0.717) is 5.82 Å². The van der Waals surface area contributed by atoms with Crippen LogP contribution >= 0.6 is 22.6 Å². The Morgan fingerprint density at radius 3 is 2.79 bits per heavy atom. The molecule has 146 valence electrons. The molecule has 0 atom stereocenters. The second-order valence-corrected chi connectivity index (χ2v) is 7.69. The molecule has 4 rings (SSSR count). The van der Waals surface area contributed by atoms with Crippen molar-refractivity contribution in [2.45, 2.75) is 13.8 Å². The van der Waals surface area contributed by atoms with Crippen molar-refractivity contribution in [1.29, 1.82) is 0 Å². The van der Waals surface area contributed by atoms with Crippen molar-refractivity contribution in [1.82, 2.24) is 24.7 Å². The molecule has 3 aromatic heterocycles. The van der Waals surface area contributed by atoms with Crippen LogP contribution < -0.4 is 10.6 Å². The highest BCUT2D eigenvalue weighted by molar-refractivity contribution is 14.1. The molecule has 0 aliphatic carbocycles. The summed E-state index contributed by atoms with van der Waals surface area (Å²) in [4.78, 5) is 13.6. The number of anilines is 1. The number of aromatic nitrogens is 4. The van der Waals surface area contributed by atoms with Gasteiger partial charge < -0.3 is 10.6 Å². The predicted molar refractivity (Wildman–Crippen MR) is 126 cm³/mol. The molecule has 0 saturated heterocycles. The molecule has 0 amide bonds. The molecule has 7 heteroatoms. The van der Waals surface area contributed by atoms with Gasteiger partial charge in [0.2, 0.25) is 0 Å². The van der Waals surface area contributed by atoms with Gasteiger partial charge in [0.05, 0.1) is 17.7 Å². The molecule has 0 radical (unpaired) electrons. The molecule has 6 nitrogen and oxygen atoms in total. The molecule has 1 aromatic carbocycles. The van der Waals surface area contributed by atoms with E-state index < -0.39 is 0 Å². The van der Waals surface area contributed by atoms with Crippen LogP contribution in [0.4, 0.5) is 5.69 Å². The smallest absolute Gasteiger partial charge is 0.160 e. The first kappa shape index (κ1) is 19.4. The first-order chi connectivity index (χ1) is 14.0. The summed E-state index contributed by atoms with van der Waals surface area (Å²) >= 11 is 2.23. The van der Waals surface area contributed by atoms with Crippen LogP contribution in [0.3, 0.4) is 0 Å². The molecular formula is C22H21IN6. The number of aryl methyl sites for hydroxylation is 1. The van der Waals surface area contributed by atoms with Crippen molar-refractivity contribution in [3.63, 3.8) is 0 Å². The SMILES string of the molecule is C=C(NCC)Nc1cccc(-c2cnc3cc(-c4ncc(C)c(I)n4)ccn23)c1. The number of halogens is 1. The van der Waals surface area contributed by atoms with Gasteiger partial charge in [-0.2, -0.15) is 0 Å². The Balaban J connectivity index is 1.67. The fourth-order valence-corrected chi connectivity index (χ4v) is 3.45. The summed E-state index contributed by atoms with van der Waals surface area (Å²) in [6.45, 7) is 8.85. The summed E-state index contributed by atoms with van der Waals surface area (Å²) in [5, 5.41) is 6.45. The van der Waals surface area contributed by atoms with E-state index in [0.717, 1.165) is 49.8 Å². The lowest BCUT2D eigenvalue weighted by atomic mass is 10.1. The Kier molecular flexibility index (Phi) is 5.48. The van der Waals surface area contributed by atoms with Crippen LogP contribution in [0.25, 0.3) is 28.3 Å². The third kappa shape index (κ3) is 4.09. The van der Waals surface area contributed by atoms with Crippen LogP contribution in [0.2, 0.25) is 0 Å². The fraction of sp³-hybridized carbons (Fsp3) is 0.136. The summed E-state index contributed by atoms with van der Waals surface area (Å²) in [7, 11) is 0. The maximum Gasteiger partial charge on any atom is 0.160 e. The Bertz CT molecular complexity index is 1200. The second-order valence-electron chi connectivity index (χ2n) is 6.67. The molecular weight excluding hydrogens is 475 g/mol. The normalized spacial score (nSPS) is 10.9. The molecule has 4 aromatic rings. The molecule has 0 bridgehead atoms. The van der Waals surface area contributed by atoms with Gasteiger partial charge in [-0.3, -0.25) is 4.40 Å². The number of rotatable bonds is 6. The second kappa shape index (κ2) is 8.20. The summed E-state index contributed by atoms with van der Waals surface area (Å²) in [5.41, 5.74) is 5.94. The number of hydrogen-bond donors (Lipinski definition) is 2. The number of pyridine rings is 1. The summed E-state index contributed by atoms with van der Waals surface area (Å²) in [5.74, 6) is 1.49. The highest BCUT2D eigenvalue weighted by atomic mass is 127. The topological polar surface area (TPSA) is 67.1 Å². The van der Waals surface area contributed by atoms with Gasteiger partial charge in [0.25, 0.3) is 0 Å². The molecule has 0 fully saturated rings. The highest BCUT2D eigenvalue weighted by Crippen LogP contribution is 2.26. The average molecular weight is 496 g/mol. The molecule has 0 aliphatic rings. The number of fused-ring (bicyclic) bond motifs is 1. The minimum atomic E-state index is 0.709. The number of benzene rings is 1. The Morgan fingerprint density at radius 1 is 1.14 bits per heavy atom. The first-order valence-electron chi connectivity index (χ1n) is 9.32. The lowest BCUT2D eigenvalue weighted by molar-refractivity contribution is 0.864. The zero-order valence-electron chi connectivity index (χ0n) is 16.3. The molecule has 2 N–H and O–H groups in total. The first-order valence-corrected chi connectivity index (χ1v) is 10.4. The standard InChI is InChI=1S/C22H21IN6/c1-4-24-15(3)27-18-7-5-6-16(10-18)19-13-25-20-11-17(8-9-29(19)20)22-26-12-14(2)21(23)28-22/h5-13,24,27H,3-4H2,1-2H3. The summed E-state index contributed by atoms with van der Waals surface area (Å²) < 4.78 is 3.03. The predicted octanol–water partition coefficient (Wildman–Crippen LogP) is 4.86. The largest absolute Gasteiger partial charge is 0.372 e. The van der Waals surface area contributed by atoms with E-state index in [9.17, 15) is 0 Å². The van der Waals surface area contributed by atoms with Crippen LogP contribution in [-0.2, 0) is 0 Å². The molecule has 0 spiro atoms. The minimum absolute atomic E-state index is 0.709. The average Bonchev–Trinajstić information content (AvgIpc) is 3.13. The van der Waals surface area contributed by atoms with Gasteiger partial charge in [-0.05, 0) is 66.3 Å². The van der Waals surface area contributed by atoms with Gasteiger partial charge in [0.1, 0.15) is 9.35 Å². The Labute approximate surface area is 183 Å². The van der Waals surface area contributed by atoms with Gasteiger partial charge in [0.15, 0.2) is 5.82 Å². The van der Waals surface area contributed by atoms with E-state index >= 15 is 0 Å². The van der Waals surface area contributed by atoms with Crippen molar-refractivity contribution in [3.05, 3.63) is 76.7 Å². The number of nitrogens with one attached hydrogen (secondary N) is 2. The van der Waals surface area contributed by atoms with E-state index in [1.165, 1.54) is 0 Å². The fourth-order valence-electron chi connectivity index (χ4n) is 3.08. The van der Waals surface area contributed by atoms with Crippen LogP contribution in [0.5, 0.6) is 0 Å². The number of nitrogens with zero attached hydrogens (tertiary/aromatic N) is 4. The van der Waals surface area contributed by atoms with Crippen LogP contribution in [0.1, 0.15) is 12.5 Å². The van der Waals surface area contributed by atoms with E-state index in [1.54, 1.807) is 0 Å². The van der Waals surface area contributed by atoms with Gasteiger partial charge in [-0.15, -0.1) is 0 Å². The minimum Gasteiger partial charge on any atom is -0.372 e. The molecule has 0 unspecified atom stereocenters. The van der Waals surface area contributed by atoms with Crippen molar-refractivity contribution in [3.8, 4) is 22.6 Å². The van der Waals surface area contributed by atoms with Gasteiger partial charge in [0, 0.05) is 35.8 Å². The molecule has 0 aliphatic heterocycles. The van der Waals surface area contributed by atoms with Crippen molar-refractivity contribution in [2.75, 3.05) is 11.9 Å². The molecule has 0 saturated carbocycles. The van der Waals surface area contributed by atoms with E-state index in [2.05, 4.69) is 71.3 Å². The highest BCUT2D eigenvalue weighted by Gasteiger charge is 2.10. The number of hydrogen-bond acceptors (Lipinski definition) is 5. The third-order valence-electron chi connectivity index (χ3n) is 4.53. The third-order valence-corrected chi connectivity index (χ3v) is 5.62. The maximum absolute atomic E-state index is 4.60. The van der Waals surface area contributed by atoms with Crippen LogP contribution in [-0.4, -0.2) is 25.9 Å². The van der Waals surface area contributed by atoms with E-state index in [-0.39, 0.29) is 0 Å². The van der Waals surface area contributed by atoms with Gasteiger partial charge in [-0.25, -0.2) is 15.0 Å². The monoisotopic (exact) mass is 496 g/mol. The van der Waals surface area contributed by atoms with Gasteiger partial charge in [-0.1, -0.05) is 18.7 Å². The van der Waals surface area contributed by atoms with E-state index in [1.807, 2.05) is 56.7 Å². The lowest BCUT2D eigenvalue weighted by Gasteiger charge is -2.11. The zero-order chi connectivity index (χ0) is 20.4. The lowest BCUT2D eigenvalue weighted by Crippen LogP contribution is -2.17. The van der Waals surface area contributed by atoms with Crippen molar-refractivity contribution in [2.24, 2.45) is 0 Å². The van der Waals surface area contributed by atoms with Gasteiger partial charge >= 0.3 is 0 Å². The molecule has 3 heterocycles. The van der Waals surface area contributed by atoms with Crippen molar-refractivity contribution < 1.29 is 0 Å². The quantitative estimate of drug-likeness (QED) is 0.295. The van der Waals surface area contributed by atoms with Crippen LogP contribution in [0, 0.1) is 10.6 Å². The maximum atomic E-state index is 4.60. The van der Waals surface area contributed by atoms with Crippen LogP contribution in [0.15, 0.2) is 67.4 Å². The zero-order valence-corrected chi connectivity index (χ0v) is 18.4.